The molecule has 0 spiro atoms. The number of nitrogens with one attached hydrogen (secondary N) is 1. The molecular weight excluding hydrogens is 382 g/mol. The molecule has 28 heavy (non-hydrogen) atoms. The molecule has 0 atom stereocenters. The summed E-state index contributed by atoms with van der Waals surface area (Å²) in [6, 6.07) is 11.0. The van der Waals surface area contributed by atoms with Crippen molar-refractivity contribution in [1.82, 2.24) is 10.1 Å². The fraction of sp³-hybridized carbons (Fsp3) is 0.105. The molecule has 1 aromatic carbocycles. The van der Waals surface area contributed by atoms with Gasteiger partial charge in [-0.15, -0.1) is 0 Å². The van der Waals surface area contributed by atoms with Crippen LogP contribution >= 0.6 is 0 Å². The van der Waals surface area contributed by atoms with Gasteiger partial charge in [-0.2, -0.15) is 0 Å². The van der Waals surface area contributed by atoms with E-state index in [4.69, 9.17) is 8.94 Å². The molecule has 4 rings (SSSR count). The van der Waals surface area contributed by atoms with E-state index in [0.29, 0.717) is 33.8 Å². The standard InChI is InChI=1S/C19H15N3O5S/c1-11-17-14(10-15(16-4-3-9-26-16)21-19(17)27-22-11)18(23)20-12-5-7-13(8-6-12)28(2,24)25/h3-10H,1-2H3,(H,20,23). The highest BCUT2D eigenvalue weighted by Gasteiger charge is 2.20. The number of aromatic nitrogens is 2. The van der Waals surface area contributed by atoms with E-state index in [1.165, 1.54) is 30.5 Å². The lowest BCUT2D eigenvalue weighted by atomic mass is 10.1. The summed E-state index contributed by atoms with van der Waals surface area (Å²) < 4.78 is 33.7. The number of hydrogen-bond acceptors (Lipinski definition) is 7. The summed E-state index contributed by atoms with van der Waals surface area (Å²) in [6.07, 6.45) is 2.63. The maximum atomic E-state index is 12.9. The highest BCUT2D eigenvalue weighted by atomic mass is 32.2. The maximum absolute atomic E-state index is 12.9. The molecule has 0 fully saturated rings. The molecule has 3 heterocycles. The van der Waals surface area contributed by atoms with Crippen LogP contribution in [0, 0.1) is 6.92 Å². The Labute approximate surface area is 160 Å². The number of pyridine rings is 1. The molecule has 0 unspecified atom stereocenters. The third-order valence-electron chi connectivity index (χ3n) is 4.18. The number of hydrogen-bond donors (Lipinski definition) is 1. The molecule has 8 nitrogen and oxygen atoms in total. The number of carbonyl (C=O) groups excluding carboxylic acids is 1. The second kappa shape index (κ2) is 6.61. The third-order valence-corrected chi connectivity index (χ3v) is 5.30. The molecule has 9 heteroatoms. The van der Waals surface area contributed by atoms with Crippen LogP contribution in [-0.2, 0) is 9.84 Å². The minimum absolute atomic E-state index is 0.173. The van der Waals surface area contributed by atoms with Crippen molar-refractivity contribution in [3.8, 4) is 11.5 Å². The summed E-state index contributed by atoms with van der Waals surface area (Å²) in [5.41, 5.74) is 1.97. The third kappa shape index (κ3) is 3.27. The van der Waals surface area contributed by atoms with Gasteiger partial charge in [0.25, 0.3) is 11.6 Å². The van der Waals surface area contributed by atoms with Gasteiger partial charge >= 0.3 is 0 Å². The van der Waals surface area contributed by atoms with E-state index in [2.05, 4.69) is 15.5 Å². The van der Waals surface area contributed by atoms with Gasteiger partial charge in [0.05, 0.1) is 27.8 Å². The number of sulfone groups is 1. The summed E-state index contributed by atoms with van der Waals surface area (Å²) in [4.78, 5) is 17.5. The van der Waals surface area contributed by atoms with Gasteiger partial charge in [-0.3, -0.25) is 4.79 Å². The van der Waals surface area contributed by atoms with Gasteiger partial charge in [0.15, 0.2) is 15.6 Å². The molecule has 0 radical (unpaired) electrons. The van der Waals surface area contributed by atoms with Crippen molar-refractivity contribution in [2.24, 2.45) is 0 Å². The Morgan fingerprint density at radius 2 is 1.89 bits per heavy atom. The number of carbonyl (C=O) groups is 1. The smallest absolute Gasteiger partial charge is 0.259 e. The lowest BCUT2D eigenvalue weighted by molar-refractivity contribution is 0.102. The normalized spacial score (nSPS) is 11.6. The summed E-state index contributed by atoms with van der Waals surface area (Å²) in [6.45, 7) is 1.72. The van der Waals surface area contributed by atoms with Gasteiger partial charge in [0.2, 0.25) is 0 Å². The minimum Gasteiger partial charge on any atom is -0.463 e. The SMILES string of the molecule is Cc1noc2nc(-c3ccco3)cc(C(=O)Nc3ccc(S(C)(=O)=O)cc3)c12. The van der Waals surface area contributed by atoms with Crippen molar-refractivity contribution in [2.75, 3.05) is 11.6 Å². The summed E-state index contributed by atoms with van der Waals surface area (Å²) in [5, 5.41) is 7.15. The first-order valence-electron chi connectivity index (χ1n) is 8.25. The second-order valence-corrected chi connectivity index (χ2v) is 8.25. The molecule has 4 aromatic rings. The van der Waals surface area contributed by atoms with E-state index < -0.39 is 15.7 Å². The highest BCUT2D eigenvalue weighted by Crippen LogP contribution is 2.28. The average molecular weight is 397 g/mol. The number of rotatable bonds is 4. The summed E-state index contributed by atoms with van der Waals surface area (Å²) in [7, 11) is -3.31. The Bertz CT molecular complexity index is 1270. The zero-order valence-corrected chi connectivity index (χ0v) is 15.8. The van der Waals surface area contributed by atoms with Crippen LogP contribution in [0.15, 0.2) is 62.6 Å². The number of amides is 1. The highest BCUT2D eigenvalue weighted by molar-refractivity contribution is 7.90. The van der Waals surface area contributed by atoms with Gasteiger partial charge < -0.3 is 14.3 Å². The van der Waals surface area contributed by atoms with Crippen LogP contribution in [0.2, 0.25) is 0 Å². The summed E-state index contributed by atoms with van der Waals surface area (Å²) in [5.74, 6) is 0.0844. The molecule has 0 aliphatic heterocycles. The lowest BCUT2D eigenvalue weighted by Crippen LogP contribution is -2.13. The van der Waals surface area contributed by atoms with Gasteiger partial charge in [-0.25, -0.2) is 13.4 Å². The van der Waals surface area contributed by atoms with E-state index in [9.17, 15) is 13.2 Å². The van der Waals surface area contributed by atoms with Crippen LogP contribution < -0.4 is 5.32 Å². The van der Waals surface area contributed by atoms with E-state index in [0.717, 1.165) is 6.26 Å². The number of aryl methyl sites for hydroxylation is 1. The molecular formula is C19H15N3O5S. The Morgan fingerprint density at radius 3 is 2.54 bits per heavy atom. The van der Waals surface area contributed by atoms with Crippen molar-refractivity contribution < 1.29 is 22.2 Å². The molecule has 142 valence electrons. The largest absolute Gasteiger partial charge is 0.463 e. The first kappa shape index (κ1) is 17.9. The van der Waals surface area contributed by atoms with Crippen LogP contribution in [-0.4, -0.2) is 30.7 Å². The van der Waals surface area contributed by atoms with Crippen LogP contribution in [0.1, 0.15) is 16.1 Å². The van der Waals surface area contributed by atoms with Gasteiger partial charge in [-0.1, -0.05) is 5.16 Å². The minimum atomic E-state index is -3.31. The van der Waals surface area contributed by atoms with Crippen molar-refractivity contribution in [3.05, 3.63) is 60.0 Å². The molecule has 0 aliphatic rings. The van der Waals surface area contributed by atoms with Gasteiger partial charge in [0.1, 0.15) is 5.69 Å². The first-order valence-corrected chi connectivity index (χ1v) is 10.1. The zero-order valence-electron chi connectivity index (χ0n) is 15.0. The average Bonchev–Trinajstić information content (AvgIpc) is 3.31. The van der Waals surface area contributed by atoms with Crippen molar-refractivity contribution in [2.45, 2.75) is 11.8 Å². The zero-order chi connectivity index (χ0) is 19.9. The molecule has 0 saturated heterocycles. The van der Waals surface area contributed by atoms with Crippen molar-refractivity contribution >= 4 is 32.5 Å². The van der Waals surface area contributed by atoms with Crippen LogP contribution in [0.3, 0.4) is 0 Å². The number of fused-ring (bicyclic) bond motifs is 1. The van der Waals surface area contributed by atoms with E-state index in [1.54, 1.807) is 25.1 Å². The van der Waals surface area contributed by atoms with E-state index >= 15 is 0 Å². The predicted molar refractivity (Wildman–Crippen MR) is 102 cm³/mol. The first-order chi connectivity index (χ1) is 13.3. The van der Waals surface area contributed by atoms with Crippen LogP contribution in [0.5, 0.6) is 0 Å². The number of benzene rings is 1. The predicted octanol–water partition coefficient (Wildman–Crippen LogP) is 3.45. The van der Waals surface area contributed by atoms with E-state index in [-0.39, 0.29) is 10.6 Å². The second-order valence-electron chi connectivity index (χ2n) is 6.23. The monoisotopic (exact) mass is 397 g/mol. The lowest BCUT2D eigenvalue weighted by Gasteiger charge is -2.08. The quantitative estimate of drug-likeness (QED) is 0.561. The maximum Gasteiger partial charge on any atom is 0.259 e. The Morgan fingerprint density at radius 1 is 1.14 bits per heavy atom. The topological polar surface area (TPSA) is 115 Å². The fourth-order valence-electron chi connectivity index (χ4n) is 2.81. The molecule has 3 aromatic heterocycles. The molecule has 1 N–H and O–H groups in total. The molecule has 0 saturated carbocycles. The van der Waals surface area contributed by atoms with Gasteiger partial charge in [-0.05, 0) is 49.4 Å². The van der Waals surface area contributed by atoms with Gasteiger partial charge in [0, 0.05) is 11.9 Å². The van der Waals surface area contributed by atoms with Crippen molar-refractivity contribution in [1.29, 1.82) is 0 Å². The van der Waals surface area contributed by atoms with Crippen LogP contribution in [0.4, 0.5) is 5.69 Å². The Balaban J connectivity index is 1.73. The molecule has 0 bridgehead atoms. The summed E-state index contributed by atoms with van der Waals surface area (Å²) >= 11 is 0. The number of nitrogens with zero attached hydrogens (tertiary/aromatic N) is 2. The van der Waals surface area contributed by atoms with Crippen molar-refractivity contribution in [3.63, 3.8) is 0 Å². The fourth-order valence-corrected chi connectivity index (χ4v) is 3.44. The number of furan rings is 1. The van der Waals surface area contributed by atoms with E-state index in [1.807, 2.05) is 0 Å². The molecule has 1 amide bonds. The Kier molecular flexibility index (Phi) is 4.23. The molecule has 0 aliphatic carbocycles. The van der Waals surface area contributed by atoms with Crippen LogP contribution in [0.25, 0.3) is 22.6 Å². The Hall–Kier alpha value is -3.46. The number of anilines is 1.